The number of aromatic nitrogens is 1. The third kappa shape index (κ3) is 4.03. The molecule has 6 heteroatoms. The van der Waals surface area contributed by atoms with Crippen LogP contribution in [0.1, 0.15) is 42.6 Å². The van der Waals surface area contributed by atoms with Crippen LogP contribution in [0.3, 0.4) is 0 Å². The van der Waals surface area contributed by atoms with E-state index in [4.69, 9.17) is 23.2 Å². The molecule has 1 fully saturated rings. The van der Waals surface area contributed by atoms with Gasteiger partial charge in [-0.05, 0) is 55.6 Å². The molecule has 1 atom stereocenters. The fourth-order valence-electron chi connectivity index (χ4n) is 3.49. The molecule has 26 heavy (non-hydrogen) atoms. The van der Waals surface area contributed by atoms with Crippen LogP contribution in [0.5, 0.6) is 0 Å². The Morgan fingerprint density at radius 2 is 2.00 bits per heavy atom. The van der Waals surface area contributed by atoms with Gasteiger partial charge in [-0.1, -0.05) is 48.3 Å². The van der Waals surface area contributed by atoms with Crippen LogP contribution >= 0.6 is 23.2 Å². The molecule has 1 aliphatic rings. The van der Waals surface area contributed by atoms with Gasteiger partial charge in [0.15, 0.2) is 0 Å². The number of carboxylic acid groups (broad SMARTS) is 1. The molecule has 1 N–H and O–H groups in total. The standard InChI is InChI=1S/C20H22Cl2N2O2/c1-2-13-6-7-17(23-12-13)19(15-4-3-5-16(21)18(15)22)24-10-8-14(9-11-24)20(25)26/h3-7,12,14,19H,2,8-11H2,1H3,(H,25,26). The molecule has 2 heterocycles. The van der Waals surface area contributed by atoms with Crippen molar-refractivity contribution in [2.75, 3.05) is 13.1 Å². The zero-order valence-corrected chi connectivity index (χ0v) is 16.2. The Kier molecular flexibility index (Phi) is 6.17. The van der Waals surface area contributed by atoms with E-state index in [-0.39, 0.29) is 12.0 Å². The fraction of sp³-hybridized carbons (Fsp3) is 0.400. The highest BCUT2D eigenvalue weighted by Gasteiger charge is 2.32. The number of benzene rings is 1. The van der Waals surface area contributed by atoms with Crippen LogP contribution in [-0.2, 0) is 11.2 Å². The molecule has 4 nitrogen and oxygen atoms in total. The highest BCUT2D eigenvalue weighted by atomic mass is 35.5. The molecule has 0 radical (unpaired) electrons. The summed E-state index contributed by atoms with van der Waals surface area (Å²) in [5, 5.41) is 10.3. The molecule has 1 aliphatic heterocycles. The van der Waals surface area contributed by atoms with Gasteiger partial charge in [-0.3, -0.25) is 14.7 Å². The number of rotatable bonds is 5. The van der Waals surface area contributed by atoms with E-state index in [2.05, 4.69) is 22.9 Å². The van der Waals surface area contributed by atoms with E-state index in [1.165, 1.54) is 5.56 Å². The maximum atomic E-state index is 11.3. The molecule has 0 spiro atoms. The van der Waals surface area contributed by atoms with Gasteiger partial charge >= 0.3 is 5.97 Å². The van der Waals surface area contributed by atoms with Crippen molar-refractivity contribution in [3.63, 3.8) is 0 Å². The van der Waals surface area contributed by atoms with Crippen LogP contribution in [0.2, 0.25) is 10.0 Å². The highest BCUT2D eigenvalue weighted by molar-refractivity contribution is 6.42. The molecule has 3 rings (SSSR count). The number of pyridine rings is 1. The van der Waals surface area contributed by atoms with Crippen molar-refractivity contribution in [3.05, 3.63) is 63.4 Å². The fourth-order valence-corrected chi connectivity index (χ4v) is 3.90. The molecule has 0 saturated carbocycles. The highest BCUT2D eigenvalue weighted by Crippen LogP contribution is 2.38. The summed E-state index contributed by atoms with van der Waals surface area (Å²) in [6.45, 7) is 3.46. The topological polar surface area (TPSA) is 53.4 Å². The first-order chi connectivity index (χ1) is 12.5. The Morgan fingerprint density at radius 3 is 2.58 bits per heavy atom. The first-order valence-corrected chi connectivity index (χ1v) is 9.62. The SMILES string of the molecule is CCc1ccc(C(c2cccc(Cl)c2Cl)N2CCC(C(=O)O)CC2)nc1. The monoisotopic (exact) mass is 392 g/mol. The molecule has 2 aromatic rings. The number of hydrogen-bond donors (Lipinski definition) is 1. The summed E-state index contributed by atoms with van der Waals surface area (Å²) >= 11 is 12.8. The molecule has 1 aromatic heterocycles. The number of likely N-dealkylation sites (tertiary alicyclic amines) is 1. The van der Waals surface area contributed by atoms with Gasteiger partial charge in [0.2, 0.25) is 0 Å². The van der Waals surface area contributed by atoms with Crippen LogP contribution in [0, 0.1) is 5.92 Å². The van der Waals surface area contributed by atoms with Gasteiger partial charge in [0.25, 0.3) is 0 Å². The van der Waals surface area contributed by atoms with E-state index in [1.54, 1.807) is 6.07 Å². The average Bonchev–Trinajstić information content (AvgIpc) is 2.66. The van der Waals surface area contributed by atoms with Crippen molar-refractivity contribution in [2.24, 2.45) is 5.92 Å². The predicted octanol–water partition coefficient (Wildman–Crippen LogP) is 4.84. The molecule has 1 aromatic carbocycles. The maximum Gasteiger partial charge on any atom is 0.306 e. The van der Waals surface area contributed by atoms with Gasteiger partial charge in [-0.2, -0.15) is 0 Å². The third-order valence-electron chi connectivity index (χ3n) is 5.06. The Morgan fingerprint density at radius 1 is 1.27 bits per heavy atom. The summed E-state index contributed by atoms with van der Waals surface area (Å²) in [6.07, 6.45) is 4.07. The molecule has 138 valence electrons. The number of hydrogen-bond acceptors (Lipinski definition) is 3. The van der Waals surface area contributed by atoms with E-state index in [0.717, 1.165) is 17.7 Å². The molecule has 1 saturated heterocycles. The van der Waals surface area contributed by atoms with Crippen molar-refractivity contribution in [3.8, 4) is 0 Å². The van der Waals surface area contributed by atoms with Gasteiger partial charge < -0.3 is 5.11 Å². The van der Waals surface area contributed by atoms with Crippen molar-refractivity contribution in [1.82, 2.24) is 9.88 Å². The summed E-state index contributed by atoms with van der Waals surface area (Å²) in [5.41, 5.74) is 2.99. The second-order valence-corrected chi connectivity index (χ2v) is 7.42. The van der Waals surface area contributed by atoms with Gasteiger partial charge in [0, 0.05) is 6.20 Å². The van der Waals surface area contributed by atoms with Crippen molar-refractivity contribution >= 4 is 29.2 Å². The number of halogens is 2. The Labute approximate surface area is 163 Å². The van der Waals surface area contributed by atoms with Crippen LogP contribution in [0.25, 0.3) is 0 Å². The lowest BCUT2D eigenvalue weighted by molar-refractivity contribution is -0.143. The summed E-state index contributed by atoms with van der Waals surface area (Å²) in [7, 11) is 0. The van der Waals surface area contributed by atoms with Crippen LogP contribution in [0.4, 0.5) is 0 Å². The van der Waals surface area contributed by atoms with Gasteiger partial charge in [-0.15, -0.1) is 0 Å². The van der Waals surface area contributed by atoms with Crippen molar-refractivity contribution in [2.45, 2.75) is 32.2 Å². The molecule has 0 amide bonds. The van der Waals surface area contributed by atoms with E-state index in [9.17, 15) is 9.90 Å². The number of carbonyl (C=O) groups is 1. The van der Waals surface area contributed by atoms with Gasteiger partial charge in [0.1, 0.15) is 0 Å². The summed E-state index contributed by atoms with van der Waals surface area (Å²) < 4.78 is 0. The Balaban J connectivity index is 1.96. The number of aryl methyl sites for hydroxylation is 1. The Bertz CT molecular complexity index is 772. The second-order valence-electron chi connectivity index (χ2n) is 6.64. The molecular formula is C20H22Cl2N2O2. The molecule has 0 bridgehead atoms. The molecule has 0 aliphatic carbocycles. The molecular weight excluding hydrogens is 371 g/mol. The summed E-state index contributed by atoms with van der Waals surface area (Å²) in [4.78, 5) is 18.2. The lowest BCUT2D eigenvalue weighted by Gasteiger charge is -2.37. The van der Waals surface area contributed by atoms with E-state index >= 15 is 0 Å². The number of carboxylic acids is 1. The zero-order valence-electron chi connectivity index (χ0n) is 14.7. The van der Waals surface area contributed by atoms with Crippen LogP contribution in [-0.4, -0.2) is 34.0 Å². The Hall–Kier alpha value is -1.62. The lowest BCUT2D eigenvalue weighted by atomic mass is 9.93. The summed E-state index contributed by atoms with van der Waals surface area (Å²) in [5.74, 6) is -0.996. The van der Waals surface area contributed by atoms with Crippen molar-refractivity contribution in [1.29, 1.82) is 0 Å². The van der Waals surface area contributed by atoms with Gasteiger partial charge in [-0.25, -0.2) is 0 Å². The minimum atomic E-state index is -0.715. The lowest BCUT2D eigenvalue weighted by Crippen LogP contribution is -2.39. The zero-order chi connectivity index (χ0) is 18.7. The average molecular weight is 393 g/mol. The van der Waals surface area contributed by atoms with Gasteiger partial charge in [0.05, 0.1) is 27.7 Å². The minimum absolute atomic E-state index is 0.137. The summed E-state index contributed by atoms with van der Waals surface area (Å²) in [6, 6.07) is 9.61. The van der Waals surface area contributed by atoms with Crippen LogP contribution < -0.4 is 0 Å². The number of aliphatic carboxylic acids is 1. The van der Waals surface area contributed by atoms with Crippen molar-refractivity contribution < 1.29 is 9.90 Å². The van der Waals surface area contributed by atoms with Crippen LogP contribution in [0.15, 0.2) is 36.5 Å². The van der Waals surface area contributed by atoms with E-state index < -0.39 is 5.97 Å². The number of piperidine rings is 1. The first kappa shape index (κ1) is 19.2. The maximum absolute atomic E-state index is 11.3. The number of nitrogens with zero attached hydrogens (tertiary/aromatic N) is 2. The quantitative estimate of drug-likeness (QED) is 0.790. The predicted molar refractivity (Wildman–Crippen MR) is 104 cm³/mol. The normalized spacial score (nSPS) is 17.2. The minimum Gasteiger partial charge on any atom is -0.481 e. The van der Waals surface area contributed by atoms with E-state index in [1.807, 2.05) is 24.4 Å². The third-order valence-corrected chi connectivity index (χ3v) is 5.89. The van der Waals surface area contributed by atoms with E-state index in [0.29, 0.717) is 36.0 Å². The smallest absolute Gasteiger partial charge is 0.306 e. The molecule has 1 unspecified atom stereocenters. The first-order valence-electron chi connectivity index (χ1n) is 8.86. The largest absolute Gasteiger partial charge is 0.481 e. The second kappa shape index (κ2) is 8.38.